The second kappa shape index (κ2) is 5.56. The van der Waals surface area contributed by atoms with Crippen LogP contribution >= 0.6 is 11.3 Å². The second-order valence-electron chi connectivity index (χ2n) is 6.88. The van der Waals surface area contributed by atoms with Crippen LogP contribution in [0.25, 0.3) is 0 Å². The fraction of sp³-hybridized carbons (Fsp3) is 0.444. The molecular formula is C18H24N2S. The van der Waals surface area contributed by atoms with E-state index in [1.54, 1.807) is 0 Å². The van der Waals surface area contributed by atoms with Crippen molar-refractivity contribution in [3.63, 3.8) is 0 Å². The highest BCUT2D eigenvalue weighted by molar-refractivity contribution is 7.12. The maximum atomic E-state index is 6.10. The van der Waals surface area contributed by atoms with Crippen molar-refractivity contribution in [1.29, 1.82) is 0 Å². The van der Waals surface area contributed by atoms with Crippen molar-refractivity contribution in [2.75, 3.05) is 6.54 Å². The quantitative estimate of drug-likeness (QED) is 0.926. The number of fused-ring (bicyclic) bond motifs is 1. The van der Waals surface area contributed by atoms with Crippen molar-refractivity contribution >= 4 is 11.3 Å². The smallest absolute Gasteiger partial charge is 0.0570 e. The standard InChI is InChI=1S/C18H24N2S/c1-18(2,3)17-9-8-16(21-17)15(10-19)20-11-13-6-4-5-7-14(13)12-20/h4-9,15H,10-12,19H2,1-3H3. The molecule has 2 N–H and O–H groups in total. The number of hydrogen-bond donors (Lipinski definition) is 1. The minimum absolute atomic E-state index is 0.218. The Labute approximate surface area is 131 Å². The molecule has 1 aromatic heterocycles. The van der Waals surface area contributed by atoms with E-state index in [4.69, 9.17) is 5.73 Å². The molecule has 0 radical (unpaired) electrons. The lowest BCUT2D eigenvalue weighted by atomic mass is 9.95. The first kappa shape index (κ1) is 14.8. The highest BCUT2D eigenvalue weighted by Gasteiger charge is 2.27. The Bertz CT molecular complexity index is 599. The van der Waals surface area contributed by atoms with E-state index in [2.05, 4.69) is 62.1 Å². The van der Waals surface area contributed by atoms with Gasteiger partial charge < -0.3 is 5.73 Å². The van der Waals surface area contributed by atoms with Crippen molar-refractivity contribution < 1.29 is 0 Å². The van der Waals surface area contributed by atoms with Crippen LogP contribution in [0.1, 0.15) is 47.7 Å². The Balaban J connectivity index is 1.82. The average molecular weight is 300 g/mol. The molecule has 2 nitrogen and oxygen atoms in total. The molecular weight excluding hydrogens is 276 g/mol. The Morgan fingerprint density at radius 1 is 1.10 bits per heavy atom. The van der Waals surface area contributed by atoms with Crippen molar-refractivity contribution in [2.24, 2.45) is 5.73 Å². The minimum atomic E-state index is 0.218. The van der Waals surface area contributed by atoms with Gasteiger partial charge in [0.2, 0.25) is 0 Å². The van der Waals surface area contributed by atoms with E-state index < -0.39 is 0 Å². The normalized spacial score (nSPS) is 17.0. The molecule has 0 saturated carbocycles. The van der Waals surface area contributed by atoms with Gasteiger partial charge in [0.1, 0.15) is 0 Å². The first-order valence-corrected chi connectivity index (χ1v) is 8.42. The Kier molecular flexibility index (Phi) is 3.91. The van der Waals surface area contributed by atoms with Crippen LogP contribution in [0, 0.1) is 0 Å². The predicted octanol–water partition coefficient (Wildman–Crippen LogP) is 4.06. The number of rotatable bonds is 3. The molecule has 1 aliphatic rings. The first-order chi connectivity index (χ1) is 9.99. The lowest BCUT2D eigenvalue weighted by Gasteiger charge is -2.25. The van der Waals surface area contributed by atoms with Crippen LogP contribution in [0.3, 0.4) is 0 Å². The second-order valence-corrected chi connectivity index (χ2v) is 7.99. The molecule has 1 aromatic carbocycles. The zero-order valence-electron chi connectivity index (χ0n) is 13.1. The van der Waals surface area contributed by atoms with E-state index in [1.165, 1.54) is 20.9 Å². The van der Waals surface area contributed by atoms with Gasteiger partial charge in [0.25, 0.3) is 0 Å². The molecule has 112 valence electrons. The Morgan fingerprint density at radius 3 is 2.19 bits per heavy atom. The maximum absolute atomic E-state index is 6.10. The van der Waals surface area contributed by atoms with E-state index in [-0.39, 0.29) is 5.41 Å². The number of nitrogens with two attached hydrogens (primary N) is 1. The predicted molar refractivity (Wildman–Crippen MR) is 90.5 cm³/mol. The molecule has 0 aliphatic carbocycles. The molecule has 0 amide bonds. The third kappa shape index (κ3) is 2.91. The van der Waals surface area contributed by atoms with Gasteiger partial charge in [-0.2, -0.15) is 0 Å². The Morgan fingerprint density at radius 2 is 1.71 bits per heavy atom. The zero-order valence-corrected chi connectivity index (χ0v) is 13.9. The number of thiophene rings is 1. The molecule has 2 heterocycles. The summed E-state index contributed by atoms with van der Waals surface area (Å²) in [7, 11) is 0. The van der Waals surface area contributed by atoms with Crippen LogP contribution in [0.4, 0.5) is 0 Å². The molecule has 2 aromatic rings. The summed E-state index contributed by atoms with van der Waals surface area (Å²) in [6.07, 6.45) is 0. The summed E-state index contributed by atoms with van der Waals surface area (Å²) >= 11 is 1.92. The van der Waals surface area contributed by atoms with Crippen LogP contribution in [-0.4, -0.2) is 11.4 Å². The number of benzene rings is 1. The van der Waals surface area contributed by atoms with E-state index in [1.807, 2.05) is 11.3 Å². The summed E-state index contributed by atoms with van der Waals surface area (Å²) in [6.45, 7) is 9.52. The number of nitrogens with zero attached hydrogens (tertiary/aromatic N) is 1. The topological polar surface area (TPSA) is 29.3 Å². The fourth-order valence-corrected chi connectivity index (χ4v) is 4.17. The molecule has 0 spiro atoms. The van der Waals surface area contributed by atoms with Crippen LogP contribution in [0.2, 0.25) is 0 Å². The first-order valence-electron chi connectivity index (χ1n) is 7.60. The molecule has 0 saturated heterocycles. The summed E-state index contributed by atoms with van der Waals surface area (Å²) in [4.78, 5) is 5.34. The van der Waals surface area contributed by atoms with Crippen LogP contribution in [0.15, 0.2) is 36.4 Å². The summed E-state index contributed by atoms with van der Waals surface area (Å²) in [5.41, 5.74) is 9.22. The van der Waals surface area contributed by atoms with E-state index in [0.29, 0.717) is 12.6 Å². The van der Waals surface area contributed by atoms with Gasteiger partial charge in [0, 0.05) is 29.4 Å². The largest absolute Gasteiger partial charge is 0.329 e. The van der Waals surface area contributed by atoms with Gasteiger partial charge in [-0.3, -0.25) is 4.90 Å². The van der Waals surface area contributed by atoms with Crippen molar-refractivity contribution in [3.05, 3.63) is 57.3 Å². The van der Waals surface area contributed by atoms with Gasteiger partial charge in [0.15, 0.2) is 0 Å². The Hall–Kier alpha value is -1.16. The van der Waals surface area contributed by atoms with Crippen molar-refractivity contribution in [2.45, 2.75) is 45.3 Å². The molecule has 1 unspecified atom stereocenters. The zero-order chi connectivity index (χ0) is 15.0. The number of hydrogen-bond acceptors (Lipinski definition) is 3. The van der Waals surface area contributed by atoms with Gasteiger partial charge in [-0.15, -0.1) is 11.3 Å². The summed E-state index contributed by atoms with van der Waals surface area (Å²) in [5.74, 6) is 0. The maximum Gasteiger partial charge on any atom is 0.0570 e. The molecule has 3 rings (SSSR count). The van der Waals surface area contributed by atoms with Crippen LogP contribution < -0.4 is 5.73 Å². The molecule has 0 bridgehead atoms. The van der Waals surface area contributed by atoms with Gasteiger partial charge >= 0.3 is 0 Å². The molecule has 0 fully saturated rings. The highest BCUT2D eigenvalue weighted by atomic mass is 32.1. The van der Waals surface area contributed by atoms with Crippen molar-refractivity contribution in [3.8, 4) is 0 Å². The van der Waals surface area contributed by atoms with Gasteiger partial charge in [-0.25, -0.2) is 0 Å². The minimum Gasteiger partial charge on any atom is -0.329 e. The molecule has 21 heavy (non-hydrogen) atoms. The van der Waals surface area contributed by atoms with Gasteiger partial charge in [0.05, 0.1) is 6.04 Å². The van der Waals surface area contributed by atoms with Gasteiger partial charge in [-0.05, 0) is 28.7 Å². The third-order valence-electron chi connectivity index (χ3n) is 4.22. The van der Waals surface area contributed by atoms with Crippen LogP contribution in [0.5, 0.6) is 0 Å². The lowest BCUT2D eigenvalue weighted by molar-refractivity contribution is 0.208. The summed E-state index contributed by atoms with van der Waals surface area (Å²) in [6, 6.07) is 13.6. The molecule has 1 aliphatic heterocycles. The van der Waals surface area contributed by atoms with E-state index >= 15 is 0 Å². The molecule has 1 atom stereocenters. The molecule has 3 heteroatoms. The monoisotopic (exact) mass is 300 g/mol. The van der Waals surface area contributed by atoms with E-state index in [9.17, 15) is 0 Å². The van der Waals surface area contributed by atoms with Gasteiger partial charge in [-0.1, -0.05) is 45.0 Å². The third-order valence-corrected chi connectivity index (χ3v) is 5.84. The van der Waals surface area contributed by atoms with Crippen molar-refractivity contribution in [1.82, 2.24) is 4.90 Å². The fourth-order valence-electron chi connectivity index (χ4n) is 2.96. The van der Waals surface area contributed by atoms with E-state index in [0.717, 1.165) is 13.1 Å². The summed E-state index contributed by atoms with van der Waals surface area (Å²) in [5, 5.41) is 0. The average Bonchev–Trinajstić information content (AvgIpc) is 3.05. The van der Waals surface area contributed by atoms with Crippen LogP contribution in [-0.2, 0) is 18.5 Å². The highest BCUT2D eigenvalue weighted by Crippen LogP contribution is 2.37. The summed E-state index contributed by atoms with van der Waals surface area (Å²) < 4.78 is 0. The lowest BCUT2D eigenvalue weighted by Crippen LogP contribution is -2.29. The SMILES string of the molecule is CC(C)(C)c1ccc(C(CN)N2Cc3ccccc3C2)s1.